The molecular formula is C12H25N3O. The van der Waals surface area contributed by atoms with Gasteiger partial charge in [-0.25, -0.2) is 4.79 Å². The third kappa shape index (κ3) is 3.37. The summed E-state index contributed by atoms with van der Waals surface area (Å²) in [6.07, 6.45) is 5.63. The van der Waals surface area contributed by atoms with Crippen molar-refractivity contribution in [3.63, 3.8) is 0 Å². The molecule has 0 bridgehead atoms. The van der Waals surface area contributed by atoms with E-state index < -0.39 is 0 Å². The molecule has 94 valence electrons. The van der Waals surface area contributed by atoms with E-state index in [2.05, 4.69) is 17.6 Å². The Hall–Kier alpha value is -0.770. The normalized spacial score (nSPS) is 29.8. The zero-order valence-electron chi connectivity index (χ0n) is 10.5. The lowest BCUT2D eigenvalue weighted by molar-refractivity contribution is 0.183. The molecule has 4 N–H and O–H groups in total. The van der Waals surface area contributed by atoms with Gasteiger partial charge in [0.25, 0.3) is 0 Å². The zero-order valence-corrected chi connectivity index (χ0v) is 10.5. The molecule has 1 saturated carbocycles. The van der Waals surface area contributed by atoms with Crippen LogP contribution in [0, 0.1) is 5.92 Å². The third-order valence-electron chi connectivity index (χ3n) is 3.75. The maximum Gasteiger partial charge on any atom is 0.315 e. The fraction of sp³-hybridized carbons (Fsp3) is 0.917. The van der Waals surface area contributed by atoms with Gasteiger partial charge in [-0.1, -0.05) is 13.3 Å². The van der Waals surface area contributed by atoms with Crippen LogP contribution in [-0.2, 0) is 0 Å². The van der Waals surface area contributed by atoms with Crippen molar-refractivity contribution in [3.8, 4) is 0 Å². The van der Waals surface area contributed by atoms with Crippen LogP contribution in [0.4, 0.5) is 4.79 Å². The van der Waals surface area contributed by atoms with Gasteiger partial charge in [0, 0.05) is 13.1 Å². The van der Waals surface area contributed by atoms with E-state index in [1.54, 1.807) is 0 Å². The number of hydrogen-bond donors (Lipinski definition) is 3. The van der Waals surface area contributed by atoms with Crippen LogP contribution in [0.1, 0.15) is 46.0 Å². The van der Waals surface area contributed by atoms with Gasteiger partial charge in [0.05, 0.1) is 5.54 Å². The second-order valence-corrected chi connectivity index (χ2v) is 4.82. The molecule has 1 aliphatic carbocycles. The molecule has 0 atom stereocenters. The minimum Gasteiger partial charge on any atom is -0.338 e. The fourth-order valence-corrected chi connectivity index (χ4v) is 2.46. The van der Waals surface area contributed by atoms with Crippen molar-refractivity contribution in [2.45, 2.75) is 51.5 Å². The summed E-state index contributed by atoms with van der Waals surface area (Å²) in [4.78, 5) is 11.5. The quantitative estimate of drug-likeness (QED) is 0.683. The average Bonchev–Trinajstić information content (AvgIpc) is 2.30. The highest BCUT2D eigenvalue weighted by molar-refractivity contribution is 5.74. The Morgan fingerprint density at radius 1 is 1.38 bits per heavy atom. The van der Waals surface area contributed by atoms with Crippen molar-refractivity contribution < 1.29 is 4.79 Å². The molecule has 1 rings (SSSR count). The second kappa shape index (κ2) is 6.09. The van der Waals surface area contributed by atoms with Gasteiger partial charge >= 0.3 is 6.03 Å². The standard InChI is InChI=1S/C12H25N3O/c1-3-10-5-7-12(9-13,8-6-10)15-11(16)14-4-2/h10H,3-9,13H2,1-2H3,(H2,14,15,16). The van der Waals surface area contributed by atoms with Crippen LogP contribution in [0.3, 0.4) is 0 Å². The lowest BCUT2D eigenvalue weighted by Gasteiger charge is -2.39. The molecule has 0 aromatic heterocycles. The van der Waals surface area contributed by atoms with Gasteiger partial charge < -0.3 is 16.4 Å². The molecule has 0 radical (unpaired) electrons. The maximum atomic E-state index is 11.5. The van der Waals surface area contributed by atoms with Gasteiger partial charge in [0.1, 0.15) is 0 Å². The summed E-state index contributed by atoms with van der Waals surface area (Å²) in [6.45, 7) is 5.35. The predicted molar refractivity (Wildman–Crippen MR) is 66.2 cm³/mol. The summed E-state index contributed by atoms with van der Waals surface area (Å²) in [7, 11) is 0. The highest BCUT2D eigenvalue weighted by atomic mass is 16.2. The predicted octanol–water partition coefficient (Wildman–Crippen LogP) is 1.60. The molecule has 4 nitrogen and oxygen atoms in total. The number of carbonyl (C=O) groups excluding carboxylic acids is 1. The smallest absolute Gasteiger partial charge is 0.315 e. The van der Waals surface area contributed by atoms with Gasteiger partial charge in [-0.3, -0.25) is 0 Å². The Bertz CT molecular complexity index is 222. The van der Waals surface area contributed by atoms with E-state index in [1.807, 2.05) is 6.92 Å². The monoisotopic (exact) mass is 227 g/mol. The first-order chi connectivity index (χ1) is 7.65. The minimum atomic E-state index is -0.162. The Morgan fingerprint density at radius 3 is 2.44 bits per heavy atom. The van der Waals surface area contributed by atoms with Crippen molar-refractivity contribution >= 4 is 6.03 Å². The van der Waals surface area contributed by atoms with E-state index in [9.17, 15) is 4.79 Å². The summed E-state index contributed by atoms with van der Waals surface area (Å²) >= 11 is 0. The summed E-state index contributed by atoms with van der Waals surface area (Å²) < 4.78 is 0. The molecule has 4 heteroatoms. The molecule has 0 spiro atoms. The van der Waals surface area contributed by atoms with Crippen LogP contribution >= 0.6 is 0 Å². The number of hydrogen-bond acceptors (Lipinski definition) is 2. The van der Waals surface area contributed by atoms with Crippen LogP contribution in [0.25, 0.3) is 0 Å². The largest absolute Gasteiger partial charge is 0.338 e. The molecule has 1 aliphatic rings. The van der Waals surface area contributed by atoms with Crippen LogP contribution in [0.15, 0.2) is 0 Å². The molecule has 16 heavy (non-hydrogen) atoms. The Kier molecular flexibility index (Phi) is 5.06. The van der Waals surface area contributed by atoms with Gasteiger partial charge in [-0.05, 0) is 38.5 Å². The van der Waals surface area contributed by atoms with E-state index in [-0.39, 0.29) is 11.6 Å². The summed E-state index contributed by atoms with van der Waals surface area (Å²) in [5.41, 5.74) is 5.67. The van der Waals surface area contributed by atoms with Gasteiger partial charge in [0.15, 0.2) is 0 Å². The Morgan fingerprint density at radius 2 is 2.00 bits per heavy atom. The lowest BCUT2D eigenvalue weighted by Crippen LogP contribution is -2.57. The molecular weight excluding hydrogens is 202 g/mol. The van der Waals surface area contributed by atoms with E-state index >= 15 is 0 Å². The summed E-state index contributed by atoms with van der Waals surface area (Å²) in [5, 5.41) is 5.82. The summed E-state index contributed by atoms with van der Waals surface area (Å²) in [5.74, 6) is 0.815. The number of carbonyl (C=O) groups is 1. The molecule has 1 fully saturated rings. The van der Waals surface area contributed by atoms with Crippen molar-refractivity contribution in [3.05, 3.63) is 0 Å². The van der Waals surface area contributed by atoms with Gasteiger partial charge in [-0.15, -0.1) is 0 Å². The molecule has 0 aromatic rings. The Labute approximate surface area is 98.3 Å². The number of nitrogens with one attached hydrogen (secondary N) is 2. The Balaban J connectivity index is 2.49. The number of urea groups is 1. The van der Waals surface area contributed by atoms with Crippen LogP contribution in [0.2, 0.25) is 0 Å². The first-order valence-electron chi connectivity index (χ1n) is 6.42. The van der Waals surface area contributed by atoms with Crippen LogP contribution < -0.4 is 16.4 Å². The SMILES string of the molecule is CCNC(=O)NC1(CN)CCC(CC)CC1. The van der Waals surface area contributed by atoms with Crippen molar-refractivity contribution in [1.82, 2.24) is 10.6 Å². The first-order valence-corrected chi connectivity index (χ1v) is 6.42. The van der Waals surface area contributed by atoms with E-state index in [1.165, 1.54) is 19.3 Å². The number of amides is 2. The molecule has 0 saturated heterocycles. The lowest BCUT2D eigenvalue weighted by atomic mass is 9.75. The number of nitrogens with two attached hydrogens (primary N) is 1. The molecule has 0 unspecified atom stereocenters. The van der Waals surface area contributed by atoms with Crippen LogP contribution in [0.5, 0.6) is 0 Å². The zero-order chi connectivity index (χ0) is 12.0. The van der Waals surface area contributed by atoms with E-state index in [0.29, 0.717) is 13.1 Å². The number of rotatable bonds is 4. The first kappa shape index (κ1) is 13.3. The molecule has 0 heterocycles. The molecule has 0 aliphatic heterocycles. The second-order valence-electron chi connectivity index (χ2n) is 4.82. The molecule has 2 amide bonds. The van der Waals surface area contributed by atoms with Crippen molar-refractivity contribution in [2.24, 2.45) is 11.7 Å². The third-order valence-corrected chi connectivity index (χ3v) is 3.75. The maximum absolute atomic E-state index is 11.5. The topological polar surface area (TPSA) is 67.2 Å². The van der Waals surface area contributed by atoms with E-state index in [0.717, 1.165) is 18.8 Å². The van der Waals surface area contributed by atoms with E-state index in [4.69, 9.17) is 5.73 Å². The average molecular weight is 227 g/mol. The highest BCUT2D eigenvalue weighted by Gasteiger charge is 2.34. The van der Waals surface area contributed by atoms with Gasteiger partial charge in [-0.2, -0.15) is 0 Å². The minimum absolute atomic E-state index is 0.0806. The summed E-state index contributed by atoms with van der Waals surface area (Å²) in [6, 6.07) is -0.0806. The van der Waals surface area contributed by atoms with Crippen molar-refractivity contribution in [2.75, 3.05) is 13.1 Å². The van der Waals surface area contributed by atoms with Crippen LogP contribution in [-0.4, -0.2) is 24.7 Å². The van der Waals surface area contributed by atoms with Gasteiger partial charge in [0.2, 0.25) is 0 Å². The van der Waals surface area contributed by atoms with Crippen molar-refractivity contribution in [1.29, 1.82) is 0 Å². The molecule has 0 aromatic carbocycles. The fourth-order valence-electron chi connectivity index (χ4n) is 2.46. The highest BCUT2D eigenvalue weighted by Crippen LogP contribution is 2.33.